The van der Waals surface area contributed by atoms with Gasteiger partial charge in [0.15, 0.2) is 0 Å². The minimum atomic E-state index is -0.341. The van der Waals surface area contributed by atoms with Crippen LogP contribution >= 0.6 is 0 Å². The number of imide groups is 1. The van der Waals surface area contributed by atoms with Crippen molar-refractivity contribution in [3.05, 3.63) is 18.1 Å². The summed E-state index contributed by atoms with van der Waals surface area (Å²) in [6, 6.07) is 0. The second-order valence-electron chi connectivity index (χ2n) is 4.19. The molecule has 0 saturated carbocycles. The average molecular weight is 264 g/mol. The smallest absolute Gasteiger partial charge is 0.255 e. The summed E-state index contributed by atoms with van der Waals surface area (Å²) in [6.45, 7) is 2.91. The molecule has 102 valence electrons. The summed E-state index contributed by atoms with van der Waals surface area (Å²) >= 11 is 0. The van der Waals surface area contributed by atoms with E-state index in [1.165, 1.54) is 0 Å². The van der Waals surface area contributed by atoms with Gasteiger partial charge in [0.1, 0.15) is 19.0 Å². The largest absolute Gasteiger partial charge is 0.369 e. The molecule has 0 aliphatic carbocycles. The fourth-order valence-corrected chi connectivity index (χ4v) is 1.64. The Morgan fingerprint density at radius 3 is 2.58 bits per heavy atom. The Hall–Kier alpha value is -2.02. The highest BCUT2D eigenvalue weighted by Gasteiger charge is 2.26. The zero-order valence-corrected chi connectivity index (χ0v) is 10.8. The molecule has 1 aromatic heterocycles. The molecule has 0 spiro atoms. The maximum absolute atomic E-state index is 11.5. The number of anilines is 1. The average Bonchev–Trinajstić information content (AvgIpc) is 2.42. The van der Waals surface area contributed by atoms with Gasteiger partial charge in [0.2, 0.25) is 0 Å². The molecule has 19 heavy (non-hydrogen) atoms. The Morgan fingerprint density at radius 2 is 2.00 bits per heavy atom. The van der Waals surface area contributed by atoms with Crippen molar-refractivity contribution < 1.29 is 14.3 Å². The van der Waals surface area contributed by atoms with Crippen molar-refractivity contribution in [2.45, 2.75) is 19.9 Å². The first-order chi connectivity index (χ1) is 9.20. The molecule has 1 aliphatic rings. The first-order valence-corrected chi connectivity index (χ1v) is 6.16. The summed E-state index contributed by atoms with van der Waals surface area (Å²) in [5.41, 5.74) is 0.575. The molecule has 7 heteroatoms. The van der Waals surface area contributed by atoms with Gasteiger partial charge in [0.25, 0.3) is 11.8 Å². The topological polar surface area (TPSA) is 84.4 Å². The molecule has 1 aromatic rings. The molecule has 1 N–H and O–H groups in total. The van der Waals surface area contributed by atoms with E-state index in [-0.39, 0.29) is 31.6 Å². The molecular formula is C12H16N4O3. The second-order valence-corrected chi connectivity index (χ2v) is 4.19. The van der Waals surface area contributed by atoms with E-state index in [4.69, 9.17) is 4.74 Å². The molecule has 0 unspecified atom stereocenters. The van der Waals surface area contributed by atoms with Gasteiger partial charge in [-0.2, -0.15) is 0 Å². The summed E-state index contributed by atoms with van der Waals surface area (Å²) in [5, 5.41) is 3.10. The Bertz CT molecular complexity index is 445. The highest BCUT2D eigenvalue weighted by Crippen LogP contribution is 2.08. The number of nitrogens with zero attached hydrogens (tertiary/aromatic N) is 3. The van der Waals surface area contributed by atoms with E-state index < -0.39 is 0 Å². The Kier molecular flexibility index (Phi) is 4.40. The third kappa shape index (κ3) is 3.47. The van der Waals surface area contributed by atoms with Gasteiger partial charge in [-0.25, -0.2) is 4.98 Å². The number of amides is 2. The molecule has 2 heterocycles. The lowest BCUT2D eigenvalue weighted by atomic mass is 10.3. The highest BCUT2D eigenvalue weighted by atomic mass is 16.5. The van der Waals surface area contributed by atoms with Crippen molar-refractivity contribution >= 4 is 17.6 Å². The Balaban J connectivity index is 1.98. The van der Waals surface area contributed by atoms with Crippen molar-refractivity contribution in [2.24, 2.45) is 0 Å². The first-order valence-electron chi connectivity index (χ1n) is 6.16. The van der Waals surface area contributed by atoms with E-state index in [0.717, 1.165) is 17.9 Å². The molecule has 0 radical (unpaired) electrons. The van der Waals surface area contributed by atoms with Gasteiger partial charge >= 0.3 is 0 Å². The molecule has 1 fully saturated rings. The molecule has 7 nitrogen and oxygen atoms in total. The van der Waals surface area contributed by atoms with Gasteiger partial charge in [-0.1, -0.05) is 6.92 Å². The van der Waals surface area contributed by atoms with Crippen LogP contribution in [0, 0.1) is 0 Å². The van der Waals surface area contributed by atoms with E-state index in [1.807, 2.05) is 0 Å². The van der Waals surface area contributed by atoms with Crippen molar-refractivity contribution in [3.8, 4) is 0 Å². The molecule has 0 bridgehead atoms. The van der Waals surface area contributed by atoms with Gasteiger partial charge in [-0.05, 0) is 6.42 Å². The molecule has 2 rings (SSSR count). The minimum Gasteiger partial charge on any atom is -0.369 e. The summed E-state index contributed by atoms with van der Waals surface area (Å²) < 4.78 is 4.84. The van der Waals surface area contributed by atoms with Gasteiger partial charge in [-0.3, -0.25) is 19.5 Å². The normalized spacial score (nSPS) is 15.7. The molecule has 2 amide bonds. The SMILES string of the molecule is CCCNc1cnc(CN2C(=O)COCC2=O)cn1. The number of hydrogen-bond acceptors (Lipinski definition) is 6. The maximum Gasteiger partial charge on any atom is 0.255 e. The van der Waals surface area contributed by atoms with Crippen molar-refractivity contribution in [2.75, 3.05) is 25.1 Å². The number of carbonyl (C=O) groups is 2. The number of rotatable bonds is 5. The van der Waals surface area contributed by atoms with Crippen LogP contribution in [0.15, 0.2) is 12.4 Å². The number of carbonyl (C=O) groups excluding carboxylic acids is 2. The van der Waals surface area contributed by atoms with Crippen LogP contribution in [0.2, 0.25) is 0 Å². The van der Waals surface area contributed by atoms with E-state index in [2.05, 4.69) is 22.2 Å². The van der Waals surface area contributed by atoms with Crippen molar-refractivity contribution in [3.63, 3.8) is 0 Å². The zero-order chi connectivity index (χ0) is 13.7. The van der Waals surface area contributed by atoms with E-state index in [1.54, 1.807) is 12.4 Å². The molecule has 0 atom stereocenters. The van der Waals surface area contributed by atoms with Crippen LogP contribution in [-0.2, 0) is 20.9 Å². The second kappa shape index (κ2) is 6.24. The van der Waals surface area contributed by atoms with Crippen LogP contribution in [0.5, 0.6) is 0 Å². The van der Waals surface area contributed by atoms with E-state index in [0.29, 0.717) is 11.5 Å². The molecular weight excluding hydrogens is 248 g/mol. The van der Waals surface area contributed by atoms with E-state index >= 15 is 0 Å². The van der Waals surface area contributed by atoms with Crippen LogP contribution in [-0.4, -0.2) is 46.4 Å². The number of aromatic nitrogens is 2. The monoisotopic (exact) mass is 264 g/mol. The van der Waals surface area contributed by atoms with Gasteiger partial charge in [-0.15, -0.1) is 0 Å². The van der Waals surface area contributed by atoms with Crippen LogP contribution in [0.3, 0.4) is 0 Å². The standard InChI is InChI=1S/C12H16N4O3/c1-2-3-13-10-5-14-9(4-15-10)6-16-11(17)7-19-8-12(16)18/h4-5H,2-3,6-8H2,1H3,(H,13,15). The van der Waals surface area contributed by atoms with Gasteiger partial charge < -0.3 is 10.1 Å². The first kappa shape index (κ1) is 13.4. The lowest BCUT2D eigenvalue weighted by molar-refractivity contribution is -0.159. The maximum atomic E-state index is 11.5. The lowest BCUT2D eigenvalue weighted by Crippen LogP contribution is -2.45. The fraction of sp³-hybridized carbons (Fsp3) is 0.500. The third-order valence-corrected chi connectivity index (χ3v) is 2.63. The molecule has 1 saturated heterocycles. The summed E-state index contributed by atoms with van der Waals surface area (Å²) in [5.74, 6) is 0.00250. The highest BCUT2D eigenvalue weighted by molar-refractivity contribution is 5.98. The lowest BCUT2D eigenvalue weighted by Gasteiger charge is -2.24. The fourth-order valence-electron chi connectivity index (χ4n) is 1.64. The van der Waals surface area contributed by atoms with Crippen LogP contribution in [0.4, 0.5) is 5.82 Å². The van der Waals surface area contributed by atoms with Gasteiger partial charge in [0, 0.05) is 6.54 Å². The zero-order valence-electron chi connectivity index (χ0n) is 10.8. The third-order valence-electron chi connectivity index (χ3n) is 2.63. The summed E-state index contributed by atoms with van der Waals surface area (Å²) in [6.07, 6.45) is 4.16. The quantitative estimate of drug-likeness (QED) is 0.764. The van der Waals surface area contributed by atoms with Gasteiger partial charge in [0.05, 0.1) is 24.6 Å². The van der Waals surface area contributed by atoms with Crippen molar-refractivity contribution in [1.29, 1.82) is 0 Å². The predicted octanol–water partition coefficient (Wildman–Crippen LogP) is 0.184. The number of morpholine rings is 1. The predicted molar refractivity (Wildman–Crippen MR) is 67.2 cm³/mol. The van der Waals surface area contributed by atoms with Crippen LogP contribution in [0.1, 0.15) is 19.0 Å². The summed E-state index contributed by atoms with van der Waals surface area (Å²) in [4.78, 5) is 32.6. The van der Waals surface area contributed by atoms with Crippen LogP contribution in [0.25, 0.3) is 0 Å². The number of nitrogens with one attached hydrogen (secondary N) is 1. The molecule has 0 aromatic carbocycles. The number of ether oxygens (including phenoxy) is 1. The minimum absolute atomic E-state index is 0.0602. The summed E-state index contributed by atoms with van der Waals surface area (Å²) in [7, 11) is 0. The number of hydrogen-bond donors (Lipinski definition) is 1. The Labute approximate surface area is 111 Å². The Morgan fingerprint density at radius 1 is 1.26 bits per heavy atom. The van der Waals surface area contributed by atoms with Crippen molar-refractivity contribution in [1.82, 2.24) is 14.9 Å². The van der Waals surface area contributed by atoms with Crippen LogP contribution < -0.4 is 5.32 Å². The van der Waals surface area contributed by atoms with E-state index in [9.17, 15) is 9.59 Å². The molecule has 1 aliphatic heterocycles.